The average molecular weight is 194 g/mol. The summed E-state index contributed by atoms with van der Waals surface area (Å²) in [5.41, 5.74) is 0.527. The highest BCUT2D eigenvalue weighted by atomic mass is 32.1. The molecular weight excluding hydrogens is 184 g/mol. The summed E-state index contributed by atoms with van der Waals surface area (Å²) in [5, 5.41) is 13.8. The summed E-state index contributed by atoms with van der Waals surface area (Å²) in [6, 6.07) is 3.71. The van der Waals surface area contributed by atoms with E-state index < -0.39 is 0 Å². The van der Waals surface area contributed by atoms with Crippen LogP contribution < -0.4 is 5.32 Å². The number of amides is 1. The Morgan fingerprint density at radius 2 is 2.38 bits per heavy atom. The summed E-state index contributed by atoms with van der Waals surface area (Å²) in [4.78, 5) is 11.3. The van der Waals surface area contributed by atoms with Gasteiger partial charge < -0.3 is 5.32 Å². The van der Waals surface area contributed by atoms with Crippen molar-refractivity contribution >= 4 is 22.2 Å². The SMILES string of the molecule is CC(C)C(=O)Nc1sccc1C#N. The van der Waals surface area contributed by atoms with Crippen molar-refractivity contribution < 1.29 is 4.79 Å². The van der Waals surface area contributed by atoms with Gasteiger partial charge in [0.25, 0.3) is 0 Å². The van der Waals surface area contributed by atoms with Crippen molar-refractivity contribution in [3.63, 3.8) is 0 Å². The third-order valence-electron chi connectivity index (χ3n) is 1.55. The molecule has 0 spiro atoms. The lowest BCUT2D eigenvalue weighted by Gasteiger charge is -2.04. The first-order valence-electron chi connectivity index (χ1n) is 3.93. The Hall–Kier alpha value is -1.34. The lowest BCUT2D eigenvalue weighted by atomic mass is 10.2. The van der Waals surface area contributed by atoms with E-state index in [0.29, 0.717) is 10.6 Å². The monoisotopic (exact) mass is 194 g/mol. The van der Waals surface area contributed by atoms with E-state index >= 15 is 0 Å². The highest BCUT2D eigenvalue weighted by Crippen LogP contribution is 2.22. The standard InChI is InChI=1S/C9H10N2OS/c1-6(2)8(12)11-9-7(5-10)3-4-13-9/h3-4,6H,1-2H3,(H,11,12). The molecule has 0 aliphatic heterocycles. The minimum Gasteiger partial charge on any atom is -0.316 e. The number of nitrogens with zero attached hydrogens (tertiary/aromatic N) is 1. The number of hydrogen-bond donors (Lipinski definition) is 1. The topological polar surface area (TPSA) is 52.9 Å². The molecule has 13 heavy (non-hydrogen) atoms. The predicted molar refractivity (Wildman–Crippen MR) is 52.5 cm³/mol. The molecular formula is C9H10N2OS. The number of thiophene rings is 1. The van der Waals surface area contributed by atoms with Gasteiger partial charge in [-0.3, -0.25) is 4.79 Å². The number of hydrogen-bond acceptors (Lipinski definition) is 3. The first kappa shape index (κ1) is 9.75. The summed E-state index contributed by atoms with van der Waals surface area (Å²) in [6.07, 6.45) is 0. The smallest absolute Gasteiger partial charge is 0.227 e. The van der Waals surface area contributed by atoms with Crippen LogP contribution in [0.1, 0.15) is 19.4 Å². The van der Waals surface area contributed by atoms with Gasteiger partial charge in [0.1, 0.15) is 11.1 Å². The zero-order chi connectivity index (χ0) is 9.84. The largest absolute Gasteiger partial charge is 0.316 e. The predicted octanol–water partition coefficient (Wildman–Crippen LogP) is 2.21. The molecule has 68 valence electrons. The van der Waals surface area contributed by atoms with Crippen LogP contribution in [0.3, 0.4) is 0 Å². The number of carbonyl (C=O) groups excluding carboxylic acids is 1. The van der Waals surface area contributed by atoms with Gasteiger partial charge in [-0.25, -0.2) is 0 Å². The van der Waals surface area contributed by atoms with Crippen molar-refractivity contribution in [1.82, 2.24) is 0 Å². The first-order valence-corrected chi connectivity index (χ1v) is 4.81. The molecule has 0 aromatic carbocycles. The van der Waals surface area contributed by atoms with E-state index in [1.807, 2.05) is 19.9 Å². The van der Waals surface area contributed by atoms with Crippen LogP contribution in [0.25, 0.3) is 0 Å². The Labute approximate surface area is 81.0 Å². The molecule has 0 saturated heterocycles. The molecule has 1 amide bonds. The van der Waals surface area contributed by atoms with E-state index in [1.165, 1.54) is 11.3 Å². The van der Waals surface area contributed by atoms with E-state index in [-0.39, 0.29) is 11.8 Å². The highest BCUT2D eigenvalue weighted by Gasteiger charge is 2.10. The highest BCUT2D eigenvalue weighted by molar-refractivity contribution is 7.14. The summed E-state index contributed by atoms with van der Waals surface area (Å²) < 4.78 is 0. The fourth-order valence-electron chi connectivity index (χ4n) is 0.750. The van der Waals surface area contributed by atoms with Gasteiger partial charge >= 0.3 is 0 Å². The van der Waals surface area contributed by atoms with Gasteiger partial charge in [0.2, 0.25) is 5.91 Å². The van der Waals surface area contributed by atoms with E-state index in [9.17, 15) is 4.79 Å². The van der Waals surface area contributed by atoms with Gasteiger partial charge in [0, 0.05) is 5.92 Å². The van der Waals surface area contributed by atoms with Gasteiger partial charge in [0.15, 0.2) is 0 Å². The molecule has 4 heteroatoms. The Balaban J connectivity index is 2.76. The summed E-state index contributed by atoms with van der Waals surface area (Å²) in [5.74, 6) is -0.118. The van der Waals surface area contributed by atoms with Crippen molar-refractivity contribution in [3.05, 3.63) is 17.0 Å². The van der Waals surface area contributed by atoms with Gasteiger partial charge in [-0.05, 0) is 11.4 Å². The molecule has 0 aliphatic rings. The number of carbonyl (C=O) groups is 1. The van der Waals surface area contributed by atoms with Crippen LogP contribution in [0.4, 0.5) is 5.00 Å². The van der Waals surface area contributed by atoms with Crippen LogP contribution in [0, 0.1) is 17.2 Å². The third-order valence-corrected chi connectivity index (χ3v) is 2.38. The Morgan fingerprint density at radius 3 is 2.92 bits per heavy atom. The van der Waals surface area contributed by atoms with Crippen molar-refractivity contribution in [2.45, 2.75) is 13.8 Å². The van der Waals surface area contributed by atoms with Crippen LogP contribution in [0.15, 0.2) is 11.4 Å². The molecule has 1 N–H and O–H groups in total. The first-order chi connectivity index (χ1) is 6.15. The Bertz CT molecular complexity index is 349. The zero-order valence-corrected chi connectivity index (χ0v) is 8.31. The van der Waals surface area contributed by atoms with Gasteiger partial charge in [-0.2, -0.15) is 5.26 Å². The molecule has 0 bridgehead atoms. The molecule has 0 aliphatic carbocycles. The normalized spacial score (nSPS) is 9.69. The van der Waals surface area contributed by atoms with Crippen molar-refractivity contribution in [3.8, 4) is 6.07 Å². The van der Waals surface area contributed by atoms with Crippen LogP contribution in [0.5, 0.6) is 0 Å². The second kappa shape index (κ2) is 4.06. The van der Waals surface area contributed by atoms with Gasteiger partial charge in [-0.1, -0.05) is 13.8 Å². The quantitative estimate of drug-likeness (QED) is 0.784. The molecule has 1 heterocycles. The molecule has 3 nitrogen and oxygen atoms in total. The zero-order valence-electron chi connectivity index (χ0n) is 7.50. The maximum Gasteiger partial charge on any atom is 0.227 e. The van der Waals surface area contributed by atoms with E-state index in [4.69, 9.17) is 5.26 Å². The Kier molecular flexibility index (Phi) is 3.04. The van der Waals surface area contributed by atoms with Crippen molar-refractivity contribution in [1.29, 1.82) is 5.26 Å². The van der Waals surface area contributed by atoms with Gasteiger partial charge in [-0.15, -0.1) is 11.3 Å². The minimum atomic E-state index is -0.0614. The molecule has 0 atom stereocenters. The third kappa shape index (κ3) is 2.30. The number of anilines is 1. The van der Waals surface area contributed by atoms with E-state index in [2.05, 4.69) is 5.32 Å². The summed E-state index contributed by atoms with van der Waals surface area (Å²) >= 11 is 1.37. The molecule has 0 fully saturated rings. The van der Waals surface area contributed by atoms with E-state index in [0.717, 1.165) is 0 Å². The Morgan fingerprint density at radius 1 is 1.69 bits per heavy atom. The van der Waals surface area contributed by atoms with E-state index in [1.54, 1.807) is 11.4 Å². The molecule has 1 rings (SSSR count). The average Bonchev–Trinajstić information content (AvgIpc) is 2.51. The van der Waals surface area contributed by atoms with Crippen molar-refractivity contribution in [2.75, 3.05) is 5.32 Å². The van der Waals surface area contributed by atoms with Crippen LogP contribution >= 0.6 is 11.3 Å². The maximum absolute atomic E-state index is 11.3. The van der Waals surface area contributed by atoms with Crippen LogP contribution in [-0.2, 0) is 4.79 Å². The fraction of sp³-hybridized carbons (Fsp3) is 0.333. The summed E-state index contributed by atoms with van der Waals surface area (Å²) in [6.45, 7) is 3.63. The lowest BCUT2D eigenvalue weighted by molar-refractivity contribution is -0.118. The van der Waals surface area contributed by atoms with Crippen molar-refractivity contribution in [2.24, 2.45) is 5.92 Å². The minimum absolute atomic E-state index is 0.0565. The number of rotatable bonds is 2. The number of nitriles is 1. The molecule has 0 saturated carbocycles. The molecule has 0 radical (unpaired) electrons. The molecule has 1 aromatic rings. The number of nitrogens with one attached hydrogen (secondary N) is 1. The second-order valence-corrected chi connectivity index (χ2v) is 3.84. The second-order valence-electron chi connectivity index (χ2n) is 2.92. The summed E-state index contributed by atoms with van der Waals surface area (Å²) in [7, 11) is 0. The molecule has 1 aromatic heterocycles. The fourth-order valence-corrected chi connectivity index (χ4v) is 1.49. The maximum atomic E-state index is 11.3. The van der Waals surface area contributed by atoms with Crippen LogP contribution in [-0.4, -0.2) is 5.91 Å². The van der Waals surface area contributed by atoms with Crippen LogP contribution in [0.2, 0.25) is 0 Å². The van der Waals surface area contributed by atoms with Gasteiger partial charge in [0.05, 0.1) is 5.56 Å². The molecule has 0 unspecified atom stereocenters. The lowest BCUT2D eigenvalue weighted by Crippen LogP contribution is -2.17.